The van der Waals surface area contributed by atoms with Crippen molar-refractivity contribution in [3.63, 3.8) is 0 Å². The largest absolute Gasteiger partial charge is 0.326 e. The molecule has 1 aromatic carbocycles. The monoisotopic (exact) mass is 229 g/mol. The molecule has 17 heavy (non-hydrogen) atoms. The molecule has 2 aromatic rings. The van der Waals surface area contributed by atoms with Gasteiger partial charge in [-0.2, -0.15) is 5.10 Å². The van der Waals surface area contributed by atoms with Crippen LogP contribution in [0.25, 0.3) is 0 Å². The lowest BCUT2D eigenvalue weighted by molar-refractivity contribution is 0.103. The predicted octanol–water partition coefficient (Wildman–Crippen LogP) is 1.59. The van der Waals surface area contributed by atoms with Crippen LogP contribution in [0.4, 0.5) is 0 Å². The van der Waals surface area contributed by atoms with E-state index in [0.29, 0.717) is 17.7 Å². The van der Waals surface area contributed by atoms with Gasteiger partial charge in [0.15, 0.2) is 5.78 Å². The molecular weight excluding hydrogens is 214 g/mol. The van der Waals surface area contributed by atoms with Crippen LogP contribution in [-0.4, -0.2) is 15.6 Å². The molecule has 0 radical (unpaired) electrons. The molecule has 1 aromatic heterocycles. The van der Waals surface area contributed by atoms with Gasteiger partial charge in [0.05, 0.1) is 11.8 Å². The Morgan fingerprint density at radius 3 is 2.53 bits per heavy atom. The van der Waals surface area contributed by atoms with Crippen LogP contribution in [0.1, 0.15) is 28.4 Å². The van der Waals surface area contributed by atoms with Crippen LogP contribution < -0.4 is 5.73 Å². The number of aromatic nitrogens is 2. The van der Waals surface area contributed by atoms with E-state index < -0.39 is 0 Å². The SMILES string of the molecule is CCn1cc(C(=O)c2ccc(CN)cc2)cn1. The molecule has 0 amide bonds. The Morgan fingerprint density at radius 2 is 2.00 bits per heavy atom. The number of aryl methyl sites for hydroxylation is 1. The van der Waals surface area contributed by atoms with Crippen molar-refractivity contribution in [1.82, 2.24) is 9.78 Å². The number of ketones is 1. The third-order valence-electron chi connectivity index (χ3n) is 2.67. The normalized spacial score (nSPS) is 10.5. The van der Waals surface area contributed by atoms with Gasteiger partial charge in [-0.15, -0.1) is 0 Å². The number of carbonyl (C=O) groups is 1. The molecule has 0 aliphatic carbocycles. The Labute approximate surface area is 100 Å². The number of carbonyl (C=O) groups excluding carboxylic acids is 1. The molecule has 0 saturated heterocycles. The summed E-state index contributed by atoms with van der Waals surface area (Å²) in [6.07, 6.45) is 3.36. The van der Waals surface area contributed by atoms with Crippen molar-refractivity contribution < 1.29 is 4.79 Å². The molecule has 0 fully saturated rings. The standard InChI is InChI=1S/C13H15N3O/c1-2-16-9-12(8-15-16)13(17)11-5-3-10(7-14)4-6-11/h3-6,8-9H,2,7,14H2,1H3. The van der Waals surface area contributed by atoms with Crippen LogP contribution in [0.5, 0.6) is 0 Å². The Morgan fingerprint density at radius 1 is 1.29 bits per heavy atom. The average Bonchev–Trinajstić information content (AvgIpc) is 2.87. The number of hydrogen-bond acceptors (Lipinski definition) is 3. The lowest BCUT2D eigenvalue weighted by atomic mass is 10.0. The first-order valence-corrected chi connectivity index (χ1v) is 5.60. The molecule has 2 rings (SSSR count). The number of nitrogens with two attached hydrogens (primary N) is 1. The minimum absolute atomic E-state index is 0.00623. The topological polar surface area (TPSA) is 60.9 Å². The second-order valence-electron chi connectivity index (χ2n) is 3.81. The second-order valence-corrected chi connectivity index (χ2v) is 3.81. The fourth-order valence-electron chi connectivity index (χ4n) is 1.61. The van der Waals surface area contributed by atoms with Crippen molar-refractivity contribution in [2.24, 2.45) is 5.73 Å². The molecule has 0 bridgehead atoms. The van der Waals surface area contributed by atoms with Gasteiger partial charge in [0.2, 0.25) is 0 Å². The van der Waals surface area contributed by atoms with Gasteiger partial charge >= 0.3 is 0 Å². The lowest BCUT2D eigenvalue weighted by Crippen LogP contribution is -2.02. The molecule has 1 heterocycles. The van der Waals surface area contributed by atoms with E-state index in [1.165, 1.54) is 0 Å². The zero-order valence-corrected chi connectivity index (χ0v) is 9.76. The number of hydrogen-bond donors (Lipinski definition) is 1. The van der Waals surface area contributed by atoms with Crippen molar-refractivity contribution in [3.05, 3.63) is 53.3 Å². The zero-order valence-electron chi connectivity index (χ0n) is 9.76. The summed E-state index contributed by atoms with van der Waals surface area (Å²) in [5, 5.41) is 4.09. The van der Waals surface area contributed by atoms with Crippen molar-refractivity contribution in [1.29, 1.82) is 0 Å². The van der Waals surface area contributed by atoms with Gasteiger partial charge in [0.1, 0.15) is 0 Å². The summed E-state index contributed by atoms with van der Waals surface area (Å²) in [6.45, 7) is 3.24. The highest BCUT2D eigenvalue weighted by molar-refractivity contribution is 6.08. The number of nitrogens with zero attached hydrogens (tertiary/aromatic N) is 2. The van der Waals surface area contributed by atoms with Crippen LogP contribution in [0.15, 0.2) is 36.7 Å². The van der Waals surface area contributed by atoms with E-state index in [4.69, 9.17) is 5.73 Å². The minimum atomic E-state index is -0.00623. The Kier molecular flexibility index (Phi) is 3.35. The maximum absolute atomic E-state index is 12.1. The smallest absolute Gasteiger partial charge is 0.196 e. The van der Waals surface area contributed by atoms with Gasteiger partial charge in [-0.05, 0) is 12.5 Å². The fraction of sp³-hybridized carbons (Fsp3) is 0.231. The molecule has 4 heteroatoms. The molecular formula is C13H15N3O. The highest BCUT2D eigenvalue weighted by Crippen LogP contribution is 2.10. The van der Waals surface area contributed by atoms with E-state index in [2.05, 4.69) is 5.10 Å². The Hall–Kier alpha value is -1.94. The quantitative estimate of drug-likeness (QED) is 0.810. The summed E-state index contributed by atoms with van der Waals surface area (Å²) >= 11 is 0. The van der Waals surface area contributed by atoms with Crippen molar-refractivity contribution in [2.75, 3.05) is 0 Å². The molecule has 0 aliphatic heterocycles. The second kappa shape index (κ2) is 4.93. The molecule has 0 atom stereocenters. The van der Waals surface area contributed by atoms with Crippen LogP contribution in [0, 0.1) is 0 Å². The lowest BCUT2D eigenvalue weighted by Gasteiger charge is -2.00. The Bertz CT molecular complexity index is 514. The minimum Gasteiger partial charge on any atom is -0.326 e. The van der Waals surface area contributed by atoms with Gasteiger partial charge in [0, 0.05) is 24.8 Å². The fourth-order valence-corrected chi connectivity index (χ4v) is 1.61. The van der Waals surface area contributed by atoms with Gasteiger partial charge in [0.25, 0.3) is 0 Å². The highest BCUT2D eigenvalue weighted by Gasteiger charge is 2.10. The van der Waals surface area contributed by atoms with Gasteiger partial charge in [-0.3, -0.25) is 9.48 Å². The Balaban J connectivity index is 2.23. The van der Waals surface area contributed by atoms with E-state index >= 15 is 0 Å². The van der Waals surface area contributed by atoms with Crippen LogP contribution >= 0.6 is 0 Å². The van der Waals surface area contributed by atoms with Gasteiger partial charge in [-0.25, -0.2) is 0 Å². The van der Waals surface area contributed by atoms with Crippen molar-refractivity contribution in [3.8, 4) is 0 Å². The van der Waals surface area contributed by atoms with Crippen LogP contribution in [0.2, 0.25) is 0 Å². The molecule has 0 aliphatic rings. The summed E-state index contributed by atoms with van der Waals surface area (Å²) in [7, 11) is 0. The van der Waals surface area contributed by atoms with Crippen LogP contribution in [-0.2, 0) is 13.1 Å². The first-order chi connectivity index (χ1) is 8.24. The third-order valence-corrected chi connectivity index (χ3v) is 2.67. The summed E-state index contributed by atoms with van der Waals surface area (Å²) in [4.78, 5) is 12.1. The summed E-state index contributed by atoms with van der Waals surface area (Å²) in [5.74, 6) is -0.00623. The number of rotatable bonds is 4. The van der Waals surface area contributed by atoms with E-state index in [9.17, 15) is 4.79 Å². The van der Waals surface area contributed by atoms with Crippen molar-refractivity contribution >= 4 is 5.78 Å². The third kappa shape index (κ3) is 2.42. The summed E-state index contributed by atoms with van der Waals surface area (Å²) in [6, 6.07) is 7.34. The van der Waals surface area contributed by atoms with Gasteiger partial charge < -0.3 is 5.73 Å². The average molecular weight is 229 g/mol. The van der Waals surface area contributed by atoms with E-state index in [1.54, 1.807) is 29.2 Å². The molecule has 88 valence electrons. The maximum Gasteiger partial charge on any atom is 0.196 e. The molecule has 0 spiro atoms. The van der Waals surface area contributed by atoms with E-state index in [0.717, 1.165) is 12.1 Å². The van der Waals surface area contributed by atoms with Crippen molar-refractivity contribution in [2.45, 2.75) is 20.0 Å². The molecule has 0 unspecified atom stereocenters. The summed E-state index contributed by atoms with van der Waals surface area (Å²) in [5.41, 5.74) is 7.81. The number of benzene rings is 1. The van der Waals surface area contributed by atoms with E-state index in [-0.39, 0.29) is 5.78 Å². The molecule has 4 nitrogen and oxygen atoms in total. The van der Waals surface area contributed by atoms with Crippen LogP contribution in [0.3, 0.4) is 0 Å². The zero-order chi connectivity index (χ0) is 12.3. The molecule has 2 N–H and O–H groups in total. The highest BCUT2D eigenvalue weighted by atomic mass is 16.1. The first kappa shape index (κ1) is 11.5. The van der Waals surface area contributed by atoms with E-state index in [1.807, 2.05) is 19.1 Å². The first-order valence-electron chi connectivity index (χ1n) is 5.60. The molecule has 0 saturated carbocycles. The predicted molar refractivity (Wildman–Crippen MR) is 65.7 cm³/mol. The summed E-state index contributed by atoms with van der Waals surface area (Å²) < 4.78 is 1.74. The van der Waals surface area contributed by atoms with Gasteiger partial charge in [-0.1, -0.05) is 24.3 Å². The maximum atomic E-state index is 12.1.